The van der Waals surface area contributed by atoms with Crippen molar-refractivity contribution in [2.45, 2.75) is 52.9 Å². The minimum Gasteiger partial charge on any atom is -0.498 e. The molecule has 0 aromatic heterocycles. The van der Waals surface area contributed by atoms with Crippen molar-refractivity contribution in [2.24, 2.45) is 5.92 Å². The van der Waals surface area contributed by atoms with Crippen LogP contribution in [0.15, 0.2) is 23.2 Å². The number of allylic oxidation sites excluding steroid dienone is 3. The van der Waals surface area contributed by atoms with Gasteiger partial charge in [-0.2, -0.15) is 5.48 Å². The molecule has 1 saturated carbocycles. The van der Waals surface area contributed by atoms with Gasteiger partial charge in [0.25, 0.3) is 0 Å². The highest BCUT2D eigenvalue weighted by Gasteiger charge is 2.13. The molecule has 0 amide bonds. The Morgan fingerprint density at radius 1 is 1.17 bits per heavy atom. The molecule has 0 aliphatic heterocycles. The molecule has 1 aliphatic rings. The van der Waals surface area contributed by atoms with E-state index in [1.165, 1.54) is 32.1 Å². The van der Waals surface area contributed by atoms with Crippen LogP contribution in [0.25, 0.3) is 0 Å². The van der Waals surface area contributed by atoms with Crippen molar-refractivity contribution < 1.29 is 9.57 Å². The maximum atomic E-state index is 5.83. The standard InChI is InChI=1S/C15H27NO2/c1-12(2)15(18-16-4)10-13(3)17-11-14-8-6-5-7-9-14/h10,14,16H,5-9,11H2,1-4H3/b13-10+. The van der Waals surface area contributed by atoms with Gasteiger partial charge in [-0.1, -0.05) is 19.3 Å². The van der Waals surface area contributed by atoms with Crippen molar-refractivity contribution in [1.29, 1.82) is 0 Å². The Bertz CT molecular complexity index is 298. The molecule has 1 aliphatic carbocycles. The highest BCUT2D eigenvalue weighted by molar-refractivity contribution is 5.18. The van der Waals surface area contributed by atoms with Crippen molar-refractivity contribution in [3.63, 3.8) is 0 Å². The molecule has 0 unspecified atom stereocenters. The molecule has 1 rings (SSSR count). The van der Waals surface area contributed by atoms with Crippen LogP contribution < -0.4 is 5.48 Å². The van der Waals surface area contributed by atoms with E-state index in [1.807, 2.05) is 26.8 Å². The fourth-order valence-electron chi connectivity index (χ4n) is 2.22. The molecule has 0 saturated heterocycles. The average molecular weight is 253 g/mol. The Morgan fingerprint density at radius 2 is 1.83 bits per heavy atom. The molecule has 18 heavy (non-hydrogen) atoms. The van der Waals surface area contributed by atoms with Crippen LogP contribution in [0, 0.1) is 5.92 Å². The fraction of sp³-hybridized carbons (Fsp3) is 0.733. The molecule has 0 radical (unpaired) electrons. The maximum absolute atomic E-state index is 5.83. The molecule has 0 aromatic rings. The summed E-state index contributed by atoms with van der Waals surface area (Å²) in [5, 5.41) is 0. The predicted octanol–water partition coefficient (Wildman–Crippen LogP) is 3.93. The number of ether oxygens (including phenoxy) is 1. The van der Waals surface area contributed by atoms with E-state index in [1.54, 1.807) is 7.05 Å². The largest absolute Gasteiger partial charge is 0.498 e. The molecule has 3 heteroatoms. The van der Waals surface area contributed by atoms with Gasteiger partial charge in [0.2, 0.25) is 0 Å². The molecule has 0 heterocycles. The van der Waals surface area contributed by atoms with E-state index >= 15 is 0 Å². The van der Waals surface area contributed by atoms with E-state index in [0.29, 0.717) is 0 Å². The van der Waals surface area contributed by atoms with Crippen LogP contribution in [0.3, 0.4) is 0 Å². The molecule has 0 bridgehead atoms. The summed E-state index contributed by atoms with van der Waals surface area (Å²) in [4.78, 5) is 5.34. The van der Waals surface area contributed by atoms with Crippen molar-refractivity contribution in [3.8, 4) is 0 Å². The first-order valence-corrected chi connectivity index (χ1v) is 6.95. The van der Waals surface area contributed by atoms with Gasteiger partial charge in [0.1, 0.15) is 5.76 Å². The second-order valence-electron chi connectivity index (χ2n) is 5.24. The zero-order chi connectivity index (χ0) is 13.4. The second kappa shape index (κ2) is 8.20. The third kappa shape index (κ3) is 5.58. The summed E-state index contributed by atoms with van der Waals surface area (Å²) in [5.41, 5.74) is 3.83. The lowest BCUT2D eigenvalue weighted by Crippen LogP contribution is -2.13. The van der Waals surface area contributed by atoms with Gasteiger partial charge in [0, 0.05) is 13.1 Å². The smallest absolute Gasteiger partial charge is 0.149 e. The summed E-state index contributed by atoms with van der Waals surface area (Å²) in [6, 6.07) is 0. The Labute approximate surface area is 111 Å². The fourth-order valence-corrected chi connectivity index (χ4v) is 2.22. The van der Waals surface area contributed by atoms with Gasteiger partial charge >= 0.3 is 0 Å². The summed E-state index contributed by atoms with van der Waals surface area (Å²) >= 11 is 0. The number of rotatable bonds is 6. The van der Waals surface area contributed by atoms with Crippen LogP contribution in [0.4, 0.5) is 0 Å². The Morgan fingerprint density at radius 3 is 2.39 bits per heavy atom. The second-order valence-corrected chi connectivity index (χ2v) is 5.24. The molecule has 1 fully saturated rings. The molecule has 104 valence electrons. The first-order valence-electron chi connectivity index (χ1n) is 6.95. The summed E-state index contributed by atoms with van der Waals surface area (Å²) in [6.45, 7) is 6.89. The third-order valence-corrected chi connectivity index (χ3v) is 3.31. The summed E-state index contributed by atoms with van der Waals surface area (Å²) in [7, 11) is 1.76. The van der Waals surface area contributed by atoms with Gasteiger partial charge in [0.15, 0.2) is 0 Å². The molecule has 0 spiro atoms. The SMILES string of the molecule is CNOC(/C=C(\C)OCC1CCCCC1)=C(C)C. The van der Waals surface area contributed by atoms with Crippen LogP contribution in [0.1, 0.15) is 52.9 Å². The summed E-state index contributed by atoms with van der Waals surface area (Å²) in [6.07, 6.45) is 8.70. The third-order valence-electron chi connectivity index (χ3n) is 3.31. The summed E-state index contributed by atoms with van der Waals surface area (Å²) in [5.74, 6) is 2.49. The van der Waals surface area contributed by atoms with Crippen molar-refractivity contribution in [3.05, 3.63) is 23.2 Å². The predicted molar refractivity (Wildman–Crippen MR) is 74.8 cm³/mol. The van der Waals surface area contributed by atoms with Crippen molar-refractivity contribution >= 4 is 0 Å². The molecular formula is C15H27NO2. The van der Waals surface area contributed by atoms with Gasteiger partial charge < -0.3 is 9.57 Å². The van der Waals surface area contributed by atoms with Gasteiger partial charge in [-0.05, 0) is 45.1 Å². The van der Waals surface area contributed by atoms with E-state index in [0.717, 1.165) is 29.6 Å². The van der Waals surface area contributed by atoms with Gasteiger partial charge in [0.05, 0.1) is 12.4 Å². The van der Waals surface area contributed by atoms with Crippen LogP contribution in [0.2, 0.25) is 0 Å². The molecule has 0 aromatic carbocycles. The topological polar surface area (TPSA) is 30.5 Å². The van der Waals surface area contributed by atoms with Crippen molar-refractivity contribution in [2.75, 3.05) is 13.7 Å². The molecule has 0 atom stereocenters. The number of nitrogens with one attached hydrogen (secondary N) is 1. The monoisotopic (exact) mass is 253 g/mol. The number of hydrogen-bond donors (Lipinski definition) is 1. The van der Waals surface area contributed by atoms with Gasteiger partial charge in [-0.3, -0.25) is 0 Å². The van der Waals surface area contributed by atoms with Crippen LogP contribution >= 0.6 is 0 Å². The minimum absolute atomic E-state index is 0.738. The zero-order valence-corrected chi connectivity index (χ0v) is 12.2. The molecular weight excluding hydrogens is 226 g/mol. The van der Waals surface area contributed by atoms with Crippen LogP contribution in [-0.4, -0.2) is 13.7 Å². The van der Waals surface area contributed by atoms with Crippen molar-refractivity contribution in [1.82, 2.24) is 5.48 Å². The minimum atomic E-state index is 0.738. The van der Waals surface area contributed by atoms with E-state index in [4.69, 9.17) is 9.57 Å². The van der Waals surface area contributed by atoms with Crippen LogP contribution in [0.5, 0.6) is 0 Å². The van der Waals surface area contributed by atoms with E-state index in [2.05, 4.69) is 5.48 Å². The quantitative estimate of drug-likeness (QED) is 0.442. The van der Waals surface area contributed by atoms with E-state index in [9.17, 15) is 0 Å². The Balaban J connectivity index is 2.42. The molecule has 3 nitrogen and oxygen atoms in total. The normalized spacial score (nSPS) is 17.4. The lowest BCUT2D eigenvalue weighted by Gasteiger charge is -2.21. The van der Waals surface area contributed by atoms with Gasteiger partial charge in [-0.25, -0.2) is 0 Å². The molecule has 1 N–H and O–H groups in total. The lowest BCUT2D eigenvalue weighted by molar-refractivity contribution is 0.124. The van der Waals surface area contributed by atoms with Crippen LogP contribution in [-0.2, 0) is 9.57 Å². The first kappa shape index (κ1) is 15.1. The first-order chi connectivity index (χ1) is 8.63. The maximum Gasteiger partial charge on any atom is 0.149 e. The highest BCUT2D eigenvalue weighted by atomic mass is 16.6. The lowest BCUT2D eigenvalue weighted by atomic mass is 9.90. The zero-order valence-electron chi connectivity index (χ0n) is 12.2. The van der Waals surface area contributed by atoms with E-state index < -0.39 is 0 Å². The highest BCUT2D eigenvalue weighted by Crippen LogP contribution is 2.24. The average Bonchev–Trinajstić information content (AvgIpc) is 2.37. The Kier molecular flexibility index (Phi) is 6.88. The number of hydroxylamine groups is 1. The van der Waals surface area contributed by atoms with Gasteiger partial charge in [-0.15, -0.1) is 0 Å². The Hall–Kier alpha value is -0.960. The number of hydrogen-bond acceptors (Lipinski definition) is 3. The summed E-state index contributed by atoms with van der Waals surface area (Å²) < 4.78 is 5.83. The van der Waals surface area contributed by atoms with E-state index in [-0.39, 0.29) is 0 Å².